The summed E-state index contributed by atoms with van der Waals surface area (Å²) in [6, 6.07) is 10.2. The molecule has 74 valence electrons. The molecule has 0 unspecified atom stereocenters. The number of nitrogens with zero attached hydrogens (tertiary/aromatic N) is 3. The third kappa shape index (κ3) is 1.46. The van der Waals surface area contributed by atoms with Gasteiger partial charge in [0.2, 0.25) is 0 Å². The zero-order chi connectivity index (χ0) is 10.3. The highest BCUT2D eigenvalue weighted by atomic mass is 127. The van der Waals surface area contributed by atoms with Crippen LogP contribution in [0.1, 0.15) is 0 Å². The fourth-order valence-corrected chi connectivity index (χ4v) is 2.76. The summed E-state index contributed by atoms with van der Waals surface area (Å²) >= 11 is 3.94. The van der Waals surface area contributed by atoms with E-state index < -0.39 is 0 Å². The van der Waals surface area contributed by atoms with Crippen molar-refractivity contribution in [3.8, 4) is 10.6 Å². The summed E-state index contributed by atoms with van der Waals surface area (Å²) in [7, 11) is 0. The number of rotatable bonds is 1. The third-order valence-electron chi connectivity index (χ3n) is 2.15. The predicted molar refractivity (Wildman–Crippen MR) is 69.0 cm³/mol. The molecule has 0 amide bonds. The van der Waals surface area contributed by atoms with Gasteiger partial charge in [-0.05, 0) is 46.2 Å². The maximum absolute atomic E-state index is 4.22. The third-order valence-corrected chi connectivity index (χ3v) is 3.84. The number of hydrogen-bond donors (Lipinski definition) is 0. The van der Waals surface area contributed by atoms with E-state index in [2.05, 4.69) is 44.3 Å². The van der Waals surface area contributed by atoms with Gasteiger partial charge in [0, 0.05) is 0 Å². The normalized spacial score (nSPS) is 11.0. The van der Waals surface area contributed by atoms with E-state index in [1.165, 1.54) is 0 Å². The monoisotopic (exact) mass is 327 g/mol. The molecule has 3 aromatic rings. The molecule has 0 bridgehead atoms. The Morgan fingerprint density at radius 3 is 2.93 bits per heavy atom. The van der Waals surface area contributed by atoms with Crippen molar-refractivity contribution < 1.29 is 0 Å². The van der Waals surface area contributed by atoms with E-state index in [4.69, 9.17) is 0 Å². The van der Waals surface area contributed by atoms with E-state index in [1.807, 2.05) is 28.8 Å². The van der Waals surface area contributed by atoms with E-state index in [1.54, 1.807) is 11.3 Å². The van der Waals surface area contributed by atoms with E-state index in [0.717, 1.165) is 19.8 Å². The van der Waals surface area contributed by atoms with E-state index in [9.17, 15) is 0 Å². The molecular weight excluding hydrogens is 321 g/mol. The predicted octanol–water partition coefficient (Wildman–Crippen LogP) is 3.06. The van der Waals surface area contributed by atoms with Gasteiger partial charge >= 0.3 is 0 Å². The molecular formula is C10H6IN3S. The summed E-state index contributed by atoms with van der Waals surface area (Å²) < 4.78 is 2.93. The van der Waals surface area contributed by atoms with Crippen LogP contribution in [0.3, 0.4) is 0 Å². The molecule has 0 radical (unpaired) electrons. The fraction of sp³-hybridized carbons (Fsp3) is 0. The zero-order valence-corrected chi connectivity index (χ0v) is 10.6. The summed E-state index contributed by atoms with van der Waals surface area (Å²) in [5.41, 5.74) is 2.02. The standard InChI is InChI=1S/C10H6IN3S/c11-9-5-1-3-7-10(12-13-14(7)9)8-4-2-6-15-8/h1-6H. The van der Waals surface area contributed by atoms with Crippen molar-refractivity contribution in [2.24, 2.45) is 0 Å². The molecule has 3 aromatic heterocycles. The van der Waals surface area contributed by atoms with Crippen molar-refractivity contribution >= 4 is 39.4 Å². The molecule has 0 aromatic carbocycles. The molecule has 0 fully saturated rings. The summed E-state index contributed by atoms with van der Waals surface area (Å²) in [6.07, 6.45) is 0. The highest BCUT2D eigenvalue weighted by Crippen LogP contribution is 2.26. The van der Waals surface area contributed by atoms with Gasteiger partial charge in [-0.1, -0.05) is 17.3 Å². The number of hydrogen-bond acceptors (Lipinski definition) is 3. The van der Waals surface area contributed by atoms with E-state index >= 15 is 0 Å². The molecule has 0 spiro atoms. The van der Waals surface area contributed by atoms with Crippen molar-refractivity contribution in [1.29, 1.82) is 0 Å². The molecule has 3 nitrogen and oxygen atoms in total. The van der Waals surface area contributed by atoms with Crippen molar-refractivity contribution in [2.75, 3.05) is 0 Å². The maximum atomic E-state index is 4.22. The Labute approximate surface area is 104 Å². The molecule has 3 rings (SSSR count). The minimum absolute atomic E-state index is 0.962. The van der Waals surface area contributed by atoms with Gasteiger partial charge in [-0.3, -0.25) is 0 Å². The highest BCUT2D eigenvalue weighted by Gasteiger charge is 2.09. The van der Waals surface area contributed by atoms with Gasteiger partial charge in [-0.15, -0.1) is 16.4 Å². The molecule has 0 N–H and O–H groups in total. The fourth-order valence-electron chi connectivity index (χ4n) is 1.47. The summed E-state index contributed by atoms with van der Waals surface area (Å²) in [4.78, 5) is 1.16. The lowest BCUT2D eigenvalue weighted by Gasteiger charge is -1.95. The van der Waals surface area contributed by atoms with Crippen molar-refractivity contribution in [1.82, 2.24) is 14.8 Å². The quantitative estimate of drug-likeness (QED) is 0.508. The van der Waals surface area contributed by atoms with Crippen LogP contribution in [0.15, 0.2) is 35.7 Å². The SMILES string of the molecule is Ic1cccc2c(-c3cccs3)nnn12. The number of aromatic nitrogens is 3. The number of halogens is 1. The van der Waals surface area contributed by atoms with Gasteiger partial charge in [-0.2, -0.15) is 0 Å². The maximum Gasteiger partial charge on any atom is 0.130 e. The molecule has 0 aliphatic rings. The van der Waals surface area contributed by atoms with E-state index in [0.29, 0.717) is 0 Å². The molecule has 3 heterocycles. The van der Waals surface area contributed by atoms with Crippen molar-refractivity contribution in [2.45, 2.75) is 0 Å². The molecule has 5 heteroatoms. The Morgan fingerprint density at radius 2 is 2.13 bits per heavy atom. The first kappa shape index (κ1) is 9.29. The highest BCUT2D eigenvalue weighted by molar-refractivity contribution is 14.1. The van der Waals surface area contributed by atoms with Crippen LogP contribution < -0.4 is 0 Å². The Morgan fingerprint density at radius 1 is 1.20 bits per heavy atom. The topological polar surface area (TPSA) is 30.2 Å². The van der Waals surface area contributed by atoms with Crippen LogP contribution in [-0.2, 0) is 0 Å². The second-order valence-corrected chi connectivity index (χ2v) is 5.11. The zero-order valence-electron chi connectivity index (χ0n) is 7.59. The average molecular weight is 327 g/mol. The van der Waals surface area contributed by atoms with Gasteiger partial charge in [0.25, 0.3) is 0 Å². The minimum Gasteiger partial charge on any atom is -0.207 e. The number of thiophene rings is 1. The van der Waals surface area contributed by atoms with Gasteiger partial charge < -0.3 is 0 Å². The molecule has 0 atom stereocenters. The summed E-state index contributed by atoms with van der Waals surface area (Å²) in [6.45, 7) is 0. The van der Waals surface area contributed by atoms with Crippen LogP contribution in [0.4, 0.5) is 0 Å². The lowest BCUT2D eigenvalue weighted by Crippen LogP contribution is -1.91. The Balaban J connectivity index is 2.34. The van der Waals surface area contributed by atoms with Crippen LogP contribution in [0, 0.1) is 3.70 Å². The first-order chi connectivity index (χ1) is 7.36. The van der Waals surface area contributed by atoms with Crippen molar-refractivity contribution in [3.63, 3.8) is 0 Å². The molecule has 15 heavy (non-hydrogen) atoms. The lowest BCUT2D eigenvalue weighted by atomic mass is 10.3. The van der Waals surface area contributed by atoms with Gasteiger partial charge in [-0.25, -0.2) is 4.52 Å². The number of pyridine rings is 1. The lowest BCUT2D eigenvalue weighted by molar-refractivity contribution is 0.838. The smallest absolute Gasteiger partial charge is 0.130 e. The molecule has 0 aliphatic heterocycles. The first-order valence-corrected chi connectivity index (χ1v) is 6.36. The Bertz CT molecular complexity index is 600. The van der Waals surface area contributed by atoms with Gasteiger partial charge in [0.1, 0.15) is 9.39 Å². The molecule has 0 aliphatic carbocycles. The van der Waals surface area contributed by atoms with Crippen LogP contribution in [-0.4, -0.2) is 14.8 Å². The minimum atomic E-state index is 0.962. The summed E-state index contributed by atoms with van der Waals surface area (Å²) in [5.74, 6) is 0. The largest absolute Gasteiger partial charge is 0.207 e. The van der Waals surface area contributed by atoms with E-state index in [-0.39, 0.29) is 0 Å². The van der Waals surface area contributed by atoms with Crippen LogP contribution in [0.5, 0.6) is 0 Å². The second kappa shape index (κ2) is 3.57. The number of fused-ring (bicyclic) bond motifs is 1. The van der Waals surface area contributed by atoms with Gasteiger partial charge in [0.05, 0.1) is 10.4 Å². The first-order valence-electron chi connectivity index (χ1n) is 4.40. The van der Waals surface area contributed by atoms with Gasteiger partial charge in [0.15, 0.2) is 0 Å². The molecule has 0 saturated carbocycles. The summed E-state index contributed by atoms with van der Waals surface area (Å²) in [5, 5.41) is 10.4. The average Bonchev–Trinajstić information content (AvgIpc) is 2.85. The Kier molecular flexibility index (Phi) is 2.21. The van der Waals surface area contributed by atoms with Crippen molar-refractivity contribution in [3.05, 3.63) is 39.4 Å². The molecule has 0 saturated heterocycles. The van der Waals surface area contributed by atoms with Crippen LogP contribution in [0.2, 0.25) is 0 Å². The Hall–Kier alpha value is -0.950. The van der Waals surface area contributed by atoms with Crippen LogP contribution >= 0.6 is 33.9 Å². The van der Waals surface area contributed by atoms with Crippen LogP contribution in [0.25, 0.3) is 16.1 Å². The second-order valence-electron chi connectivity index (χ2n) is 3.06.